The highest BCUT2D eigenvalue weighted by atomic mass is 32.1. The zero-order chi connectivity index (χ0) is 21.8. The Balaban J connectivity index is 1.60. The molecule has 1 amide bonds. The molecule has 0 saturated heterocycles. The van der Waals surface area contributed by atoms with Crippen molar-refractivity contribution in [3.05, 3.63) is 75.5 Å². The molecule has 3 aromatic rings. The van der Waals surface area contributed by atoms with Gasteiger partial charge in [-0.1, -0.05) is 18.2 Å². The minimum absolute atomic E-state index is 0.105. The molecule has 1 unspecified atom stereocenters. The van der Waals surface area contributed by atoms with E-state index in [2.05, 4.69) is 11.4 Å². The summed E-state index contributed by atoms with van der Waals surface area (Å²) >= 11 is 1.68. The van der Waals surface area contributed by atoms with Crippen molar-refractivity contribution in [2.24, 2.45) is 0 Å². The van der Waals surface area contributed by atoms with Gasteiger partial charge in [-0.2, -0.15) is 0 Å². The van der Waals surface area contributed by atoms with Crippen molar-refractivity contribution in [1.82, 2.24) is 4.90 Å². The molecule has 162 valence electrons. The van der Waals surface area contributed by atoms with Gasteiger partial charge in [0.1, 0.15) is 5.75 Å². The molecule has 0 fully saturated rings. The van der Waals surface area contributed by atoms with Crippen LogP contribution in [0.1, 0.15) is 34.0 Å². The van der Waals surface area contributed by atoms with Gasteiger partial charge in [-0.05, 0) is 65.2 Å². The van der Waals surface area contributed by atoms with Crippen LogP contribution < -0.4 is 14.2 Å². The van der Waals surface area contributed by atoms with E-state index in [1.807, 2.05) is 47.4 Å². The number of amides is 1. The fourth-order valence-corrected chi connectivity index (χ4v) is 5.01. The fraction of sp³-hybridized carbons (Fsp3) is 0.320. The predicted octanol–water partition coefficient (Wildman–Crippen LogP) is 4.88. The number of carbonyl (C=O) groups excluding carboxylic acids is 1. The average molecular weight is 438 g/mol. The van der Waals surface area contributed by atoms with Gasteiger partial charge in [-0.15, -0.1) is 11.3 Å². The number of fused-ring (bicyclic) bond motifs is 1. The van der Waals surface area contributed by atoms with Gasteiger partial charge in [0.05, 0.1) is 27.4 Å². The van der Waals surface area contributed by atoms with Gasteiger partial charge in [-0.3, -0.25) is 4.79 Å². The molecule has 0 spiro atoms. The smallest absolute Gasteiger partial charge is 0.223 e. The van der Waals surface area contributed by atoms with Gasteiger partial charge in [-0.25, -0.2) is 0 Å². The largest absolute Gasteiger partial charge is 0.497 e. The van der Waals surface area contributed by atoms with E-state index in [9.17, 15) is 4.79 Å². The molecule has 0 N–H and O–H groups in total. The first-order chi connectivity index (χ1) is 15.1. The topological polar surface area (TPSA) is 48.0 Å². The molecule has 4 rings (SSSR count). The second-order valence-electron chi connectivity index (χ2n) is 7.51. The third kappa shape index (κ3) is 4.39. The van der Waals surface area contributed by atoms with Crippen LogP contribution in [0.4, 0.5) is 0 Å². The SMILES string of the molecule is COc1ccc(CCC(=O)N2CCc3cc(OC)c(OC)cc3C2c2cccs2)cc1. The Hall–Kier alpha value is -2.99. The summed E-state index contributed by atoms with van der Waals surface area (Å²) in [5.74, 6) is 2.40. The van der Waals surface area contributed by atoms with Crippen molar-refractivity contribution in [1.29, 1.82) is 0 Å². The van der Waals surface area contributed by atoms with Crippen LogP contribution in [0.15, 0.2) is 53.9 Å². The number of ether oxygens (including phenoxy) is 3. The van der Waals surface area contributed by atoms with Crippen LogP contribution in [-0.4, -0.2) is 38.7 Å². The van der Waals surface area contributed by atoms with Gasteiger partial charge in [0, 0.05) is 17.8 Å². The Labute approximate surface area is 187 Å². The fourth-order valence-electron chi connectivity index (χ4n) is 4.16. The van der Waals surface area contributed by atoms with Crippen LogP contribution in [0.25, 0.3) is 0 Å². The van der Waals surface area contributed by atoms with E-state index in [1.165, 1.54) is 5.56 Å². The molecular formula is C25H27NO4S. The molecule has 31 heavy (non-hydrogen) atoms. The molecule has 0 saturated carbocycles. The summed E-state index contributed by atoms with van der Waals surface area (Å²) in [4.78, 5) is 16.5. The first kappa shape index (κ1) is 21.2. The summed E-state index contributed by atoms with van der Waals surface area (Å²) in [7, 11) is 4.95. The van der Waals surface area contributed by atoms with Crippen LogP contribution >= 0.6 is 11.3 Å². The van der Waals surface area contributed by atoms with E-state index < -0.39 is 0 Å². The van der Waals surface area contributed by atoms with Crippen LogP contribution in [0, 0.1) is 0 Å². The summed E-state index contributed by atoms with van der Waals surface area (Å²) in [6, 6.07) is 16.0. The lowest BCUT2D eigenvalue weighted by atomic mass is 9.90. The molecule has 2 aromatic carbocycles. The molecule has 1 aliphatic heterocycles. The number of thiophene rings is 1. The van der Waals surface area contributed by atoms with Crippen LogP contribution in [-0.2, 0) is 17.6 Å². The molecular weight excluding hydrogens is 410 g/mol. The molecule has 0 bridgehead atoms. The van der Waals surface area contributed by atoms with E-state index in [4.69, 9.17) is 14.2 Å². The molecule has 0 radical (unpaired) electrons. The van der Waals surface area contributed by atoms with Crippen molar-refractivity contribution in [3.63, 3.8) is 0 Å². The van der Waals surface area contributed by atoms with Crippen molar-refractivity contribution >= 4 is 17.2 Å². The highest BCUT2D eigenvalue weighted by Crippen LogP contribution is 2.42. The monoisotopic (exact) mass is 437 g/mol. The lowest BCUT2D eigenvalue weighted by Crippen LogP contribution is -2.40. The predicted molar refractivity (Wildman–Crippen MR) is 122 cm³/mol. The Morgan fingerprint density at radius 2 is 1.77 bits per heavy atom. The number of nitrogens with zero attached hydrogens (tertiary/aromatic N) is 1. The summed E-state index contributed by atoms with van der Waals surface area (Å²) < 4.78 is 16.3. The minimum Gasteiger partial charge on any atom is -0.497 e. The van der Waals surface area contributed by atoms with E-state index in [0.29, 0.717) is 25.1 Å². The third-order valence-corrected chi connectivity index (χ3v) is 6.72. The maximum Gasteiger partial charge on any atom is 0.223 e. The zero-order valence-electron chi connectivity index (χ0n) is 18.1. The lowest BCUT2D eigenvalue weighted by Gasteiger charge is -2.37. The van der Waals surface area contributed by atoms with Gasteiger partial charge >= 0.3 is 0 Å². The van der Waals surface area contributed by atoms with Gasteiger partial charge in [0.2, 0.25) is 5.91 Å². The van der Waals surface area contributed by atoms with E-state index in [1.54, 1.807) is 32.7 Å². The summed E-state index contributed by atoms with van der Waals surface area (Å²) in [6.45, 7) is 0.687. The summed E-state index contributed by atoms with van der Waals surface area (Å²) in [5, 5.41) is 2.06. The third-order valence-electron chi connectivity index (χ3n) is 5.79. The molecule has 2 heterocycles. The number of aryl methyl sites for hydroxylation is 1. The number of hydrogen-bond donors (Lipinski definition) is 0. The van der Waals surface area contributed by atoms with Crippen LogP contribution in [0.2, 0.25) is 0 Å². The molecule has 6 heteroatoms. The number of hydrogen-bond acceptors (Lipinski definition) is 5. The van der Waals surface area contributed by atoms with Crippen molar-refractivity contribution in [3.8, 4) is 17.2 Å². The molecule has 0 aliphatic carbocycles. The Morgan fingerprint density at radius 1 is 1.03 bits per heavy atom. The first-order valence-electron chi connectivity index (χ1n) is 10.3. The first-order valence-corrected chi connectivity index (χ1v) is 11.2. The lowest BCUT2D eigenvalue weighted by molar-refractivity contribution is -0.133. The quantitative estimate of drug-likeness (QED) is 0.529. The Bertz CT molecular complexity index is 1030. The van der Waals surface area contributed by atoms with E-state index >= 15 is 0 Å². The Kier molecular flexibility index (Phi) is 6.47. The second kappa shape index (κ2) is 9.43. The highest BCUT2D eigenvalue weighted by Gasteiger charge is 2.33. The minimum atomic E-state index is -0.105. The molecule has 1 aliphatic rings. The van der Waals surface area contributed by atoms with Crippen LogP contribution in [0.5, 0.6) is 17.2 Å². The molecule has 1 aromatic heterocycles. The van der Waals surface area contributed by atoms with E-state index in [0.717, 1.165) is 33.9 Å². The second-order valence-corrected chi connectivity index (χ2v) is 8.49. The number of methoxy groups -OCH3 is 3. The number of benzene rings is 2. The number of carbonyl (C=O) groups is 1. The molecule has 5 nitrogen and oxygen atoms in total. The van der Waals surface area contributed by atoms with Crippen LogP contribution in [0.3, 0.4) is 0 Å². The van der Waals surface area contributed by atoms with Gasteiger partial charge in [0.15, 0.2) is 11.5 Å². The maximum absolute atomic E-state index is 13.3. The van der Waals surface area contributed by atoms with Gasteiger partial charge < -0.3 is 19.1 Å². The summed E-state index contributed by atoms with van der Waals surface area (Å²) in [5.41, 5.74) is 3.45. The van der Waals surface area contributed by atoms with Crippen molar-refractivity contribution in [2.45, 2.75) is 25.3 Å². The summed E-state index contributed by atoms with van der Waals surface area (Å²) in [6.07, 6.45) is 1.97. The maximum atomic E-state index is 13.3. The standard InChI is InChI=1S/C25H27NO4S/c1-28-19-9-6-17(7-10-19)8-11-24(27)26-13-12-18-15-21(29-2)22(30-3)16-20(18)25(26)23-5-4-14-31-23/h4-7,9-10,14-16,25H,8,11-13H2,1-3H3. The van der Waals surface area contributed by atoms with Gasteiger partial charge in [0.25, 0.3) is 0 Å². The highest BCUT2D eigenvalue weighted by molar-refractivity contribution is 7.10. The normalized spacial score (nSPS) is 15.3. The molecule has 1 atom stereocenters. The van der Waals surface area contributed by atoms with E-state index in [-0.39, 0.29) is 11.9 Å². The Morgan fingerprint density at radius 3 is 2.42 bits per heavy atom. The zero-order valence-corrected chi connectivity index (χ0v) is 18.9. The van der Waals surface area contributed by atoms with Crippen molar-refractivity contribution in [2.75, 3.05) is 27.9 Å². The van der Waals surface area contributed by atoms with Crippen molar-refractivity contribution < 1.29 is 19.0 Å². The number of rotatable bonds is 7. The average Bonchev–Trinajstić information content (AvgIpc) is 3.35.